The fourth-order valence-corrected chi connectivity index (χ4v) is 1.00. The number of ether oxygens (including phenoxy) is 2. The summed E-state index contributed by atoms with van der Waals surface area (Å²) in [5, 5.41) is 9.58. The molecule has 0 bridgehead atoms. The van der Waals surface area contributed by atoms with Crippen molar-refractivity contribution in [2.45, 2.75) is 58.3 Å². The summed E-state index contributed by atoms with van der Waals surface area (Å²) in [4.78, 5) is 0. The highest BCUT2D eigenvalue weighted by molar-refractivity contribution is 4.70. The molecule has 0 aliphatic carbocycles. The lowest BCUT2D eigenvalue weighted by Crippen LogP contribution is -2.26. The Bertz CT molecular complexity index is 143. The molecule has 1 N–H and O–H groups in total. The van der Waals surface area contributed by atoms with Crippen molar-refractivity contribution in [2.75, 3.05) is 13.7 Å². The van der Waals surface area contributed by atoms with Gasteiger partial charge in [-0.15, -0.1) is 0 Å². The summed E-state index contributed by atoms with van der Waals surface area (Å²) in [7, 11) is 1.69. The first-order chi connectivity index (χ1) is 6.37. The van der Waals surface area contributed by atoms with Gasteiger partial charge in [-0.3, -0.25) is 0 Å². The summed E-state index contributed by atoms with van der Waals surface area (Å²) in [5.41, 5.74) is -0.154. The molecule has 3 nitrogen and oxygen atoms in total. The minimum atomic E-state index is -0.383. The summed E-state index contributed by atoms with van der Waals surface area (Å²) < 4.78 is 10.6. The van der Waals surface area contributed by atoms with E-state index in [4.69, 9.17) is 9.47 Å². The summed E-state index contributed by atoms with van der Waals surface area (Å²) in [6.07, 6.45) is 1.35. The van der Waals surface area contributed by atoms with Crippen LogP contribution in [-0.4, -0.2) is 36.6 Å². The van der Waals surface area contributed by atoms with Crippen molar-refractivity contribution in [1.29, 1.82) is 0 Å². The quantitative estimate of drug-likeness (QED) is 0.689. The van der Waals surface area contributed by atoms with Crippen LogP contribution in [0, 0.1) is 0 Å². The fraction of sp³-hybridized carbons (Fsp3) is 1.00. The molecule has 0 heterocycles. The van der Waals surface area contributed by atoms with Crippen LogP contribution in [0.1, 0.15) is 40.5 Å². The largest absolute Gasteiger partial charge is 0.391 e. The third kappa shape index (κ3) is 7.30. The van der Waals surface area contributed by atoms with Gasteiger partial charge in [-0.05, 0) is 40.5 Å². The van der Waals surface area contributed by atoms with Gasteiger partial charge in [0.25, 0.3) is 0 Å². The Morgan fingerprint density at radius 2 is 1.86 bits per heavy atom. The Hall–Kier alpha value is -0.120. The Labute approximate surface area is 87.4 Å². The Balaban J connectivity index is 3.58. The van der Waals surface area contributed by atoms with E-state index < -0.39 is 0 Å². The van der Waals surface area contributed by atoms with Crippen LogP contribution in [0.25, 0.3) is 0 Å². The number of aliphatic hydroxyl groups is 1. The molecule has 0 aromatic heterocycles. The molecule has 0 aromatic rings. The first kappa shape index (κ1) is 13.9. The molecule has 0 rings (SSSR count). The number of methoxy groups -OCH3 is 1. The first-order valence-electron chi connectivity index (χ1n) is 5.22. The predicted molar refractivity (Wildman–Crippen MR) is 57.4 cm³/mol. The van der Waals surface area contributed by atoms with E-state index in [2.05, 4.69) is 0 Å². The van der Waals surface area contributed by atoms with E-state index in [1.807, 2.05) is 27.7 Å². The zero-order chi connectivity index (χ0) is 11.2. The van der Waals surface area contributed by atoms with E-state index in [-0.39, 0.29) is 17.8 Å². The number of aliphatic hydroxyl groups excluding tert-OH is 1. The van der Waals surface area contributed by atoms with Crippen molar-refractivity contribution in [3.05, 3.63) is 0 Å². The highest BCUT2D eigenvalue weighted by atomic mass is 16.5. The maximum absolute atomic E-state index is 9.58. The lowest BCUT2D eigenvalue weighted by Gasteiger charge is -2.24. The van der Waals surface area contributed by atoms with Crippen molar-refractivity contribution >= 4 is 0 Å². The molecule has 0 fully saturated rings. The van der Waals surface area contributed by atoms with E-state index in [0.717, 1.165) is 6.42 Å². The molecular formula is C11H24O3. The molecule has 0 spiro atoms. The molecule has 3 heteroatoms. The van der Waals surface area contributed by atoms with Crippen LogP contribution in [0.3, 0.4) is 0 Å². The van der Waals surface area contributed by atoms with E-state index in [9.17, 15) is 5.11 Å². The molecule has 0 saturated heterocycles. The fourth-order valence-electron chi connectivity index (χ4n) is 1.00. The Kier molecular flexibility index (Phi) is 6.33. The Morgan fingerprint density at radius 1 is 1.29 bits per heavy atom. The van der Waals surface area contributed by atoms with Crippen molar-refractivity contribution in [3.8, 4) is 0 Å². The summed E-state index contributed by atoms with van der Waals surface area (Å²) in [6.45, 7) is 8.38. The number of rotatable bonds is 7. The summed E-state index contributed by atoms with van der Waals surface area (Å²) in [6, 6.07) is 0. The van der Waals surface area contributed by atoms with Gasteiger partial charge in [0, 0.05) is 7.11 Å². The van der Waals surface area contributed by atoms with Crippen LogP contribution in [-0.2, 0) is 9.47 Å². The van der Waals surface area contributed by atoms with Crippen LogP contribution in [0.4, 0.5) is 0 Å². The van der Waals surface area contributed by atoms with Gasteiger partial charge in [-0.25, -0.2) is 0 Å². The average Bonchev–Trinajstić information content (AvgIpc) is 2.11. The van der Waals surface area contributed by atoms with Crippen molar-refractivity contribution < 1.29 is 14.6 Å². The second-order valence-corrected chi connectivity index (χ2v) is 4.54. The molecule has 0 aliphatic heterocycles. The van der Waals surface area contributed by atoms with Gasteiger partial charge in [0.2, 0.25) is 0 Å². The second-order valence-electron chi connectivity index (χ2n) is 4.54. The molecule has 0 aliphatic rings. The SMILES string of the molecule is COC(C)(C)CCC(O)COC(C)C. The molecule has 0 radical (unpaired) electrons. The van der Waals surface area contributed by atoms with E-state index in [1.54, 1.807) is 7.11 Å². The van der Waals surface area contributed by atoms with E-state index in [1.165, 1.54) is 0 Å². The Morgan fingerprint density at radius 3 is 2.29 bits per heavy atom. The normalized spacial score (nSPS) is 14.8. The van der Waals surface area contributed by atoms with Crippen molar-refractivity contribution in [2.24, 2.45) is 0 Å². The van der Waals surface area contributed by atoms with Gasteiger partial charge in [0.15, 0.2) is 0 Å². The maximum atomic E-state index is 9.58. The summed E-state index contributed by atoms with van der Waals surface area (Å²) in [5.74, 6) is 0. The topological polar surface area (TPSA) is 38.7 Å². The van der Waals surface area contributed by atoms with Crippen LogP contribution in [0.5, 0.6) is 0 Å². The minimum absolute atomic E-state index is 0.154. The minimum Gasteiger partial charge on any atom is -0.391 e. The lowest BCUT2D eigenvalue weighted by atomic mass is 10.0. The van der Waals surface area contributed by atoms with E-state index >= 15 is 0 Å². The highest BCUT2D eigenvalue weighted by Gasteiger charge is 2.18. The zero-order valence-electron chi connectivity index (χ0n) is 10.0. The summed E-state index contributed by atoms with van der Waals surface area (Å²) >= 11 is 0. The zero-order valence-corrected chi connectivity index (χ0v) is 10.0. The van der Waals surface area contributed by atoms with Crippen molar-refractivity contribution in [3.63, 3.8) is 0 Å². The molecule has 0 amide bonds. The monoisotopic (exact) mass is 204 g/mol. The highest BCUT2D eigenvalue weighted by Crippen LogP contribution is 2.16. The smallest absolute Gasteiger partial charge is 0.0774 e. The van der Waals surface area contributed by atoms with Crippen molar-refractivity contribution in [1.82, 2.24) is 0 Å². The molecule has 1 unspecified atom stereocenters. The number of hydrogen-bond donors (Lipinski definition) is 1. The third-order valence-corrected chi connectivity index (χ3v) is 2.25. The molecule has 1 atom stereocenters. The standard InChI is InChI=1S/C11H24O3/c1-9(2)14-8-10(12)6-7-11(3,4)13-5/h9-10,12H,6-8H2,1-5H3. The maximum Gasteiger partial charge on any atom is 0.0774 e. The second kappa shape index (κ2) is 6.38. The van der Waals surface area contributed by atoms with Crippen LogP contribution in [0.15, 0.2) is 0 Å². The van der Waals surface area contributed by atoms with Crippen LogP contribution >= 0.6 is 0 Å². The van der Waals surface area contributed by atoms with E-state index in [0.29, 0.717) is 13.0 Å². The molecule has 0 saturated carbocycles. The molecule has 0 aromatic carbocycles. The van der Waals surface area contributed by atoms with Gasteiger partial charge in [0.1, 0.15) is 0 Å². The van der Waals surface area contributed by atoms with Gasteiger partial charge >= 0.3 is 0 Å². The third-order valence-electron chi connectivity index (χ3n) is 2.25. The van der Waals surface area contributed by atoms with Gasteiger partial charge < -0.3 is 14.6 Å². The number of hydrogen-bond acceptors (Lipinski definition) is 3. The molecule has 86 valence electrons. The first-order valence-corrected chi connectivity index (χ1v) is 5.22. The average molecular weight is 204 g/mol. The molecular weight excluding hydrogens is 180 g/mol. The van der Waals surface area contributed by atoms with Gasteiger partial charge in [-0.1, -0.05) is 0 Å². The van der Waals surface area contributed by atoms with Crippen LogP contribution < -0.4 is 0 Å². The predicted octanol–water partition coefficient (Wildman–Crippen LogP) is 1.98. The molecule has 14 heavy (non-hydrogen) atoms. The van der Waals surface area contributed by atoms with Gasteiger partial charge in [0.05, 0.1) is 24.4 Å². The van der Waals surface area contributed by atoms with Gasteiger partial charge in [-0.2, -0.15) is 0 Å². The lowest BCUT2D eigenvalue weighted by molar-refractivity contribution is -0.0241. The van der Waals surface area contributed by atoms with Crippen LogP contribution in [0.2, 0.25) is 0 Å².